The molecule has 1 aromatic heterocycles. The summed E-state index contributed by atoms with van der Waals surface area (Å²) in [5, 5.41) is 12.5. The Morgan fingerprint density at radius 2 is 2.14 bits per heavy atom. The molecule has 116 valence electrons. The van der Waals surface area contributed by atoms with Gasteiger partial charge in [-0.3, -0.25) is 9.59 Å². The first kappa shape index (κ1) is 14.6. The van der Waals surface area contributed by atoms with Gasteiger partial charge in [0, 0.05) is 22.8 Å². The number of amides is 1. The van der Waals surface area contributed by atoms with Gasteiger partial charge in [-0.2, -0.15) is 0 Å². The van der Waals surface area contributed by atoms with E-state index in [9.17, 15) is 9.59 Å². The summed E-state index contributed by atoms with van der Waals surface area (Å²) in [5.74, 6) is -0.425. The smallest absolute Gasteiger partial charge is 0.323 e. The second kappa shape index (κ2) is 6.19. The summed E-state index contributed by atoms with van der Waals surface area (Å²) in [6.45, 7) is 0.642. The third-order valence-corrected chi connectivity index (χ3v) is 3.64. The minimum Gasteiger partial charge on any atom is -0.480 e. The summed E-state index contributed by atoms with van der Waals surface area (Å²) in [6.07, 6.45) is 4.13. The topological polar surface area (TPSA) is 80.6 Å². The summed E-state index contributed by atoms with van der Waals surface area (Å²) in [5.41, 5.74) is 1.51. The number of carbonyl (C=O) groups excluding carboxylic acids is 1. The highest BCUT2D eigenvalue weighted by molar-refractivity contribution is 5.94. The van der Waals surface area contributed by atoms with E-state index in [2.05, 4.69) is 5.32 Å². The first-order valence-corrected chi connectivity index (χ1v) is 7.30. The maximum absolute atomic E-state index is 11.8. The molecule has 2 aromatic rings. The Labute approximate surface area is 127 Å². The minimum absolute atomic E-state index is 0.0641. The SMILES string of the molecule is O=C(O)Cn1ccc2cc(NC(=O)COCC3CC3)ccc21. The fourth-order valence-electron chi connectivity index (χ4n) is 2.36. The average Bonchev–Trinajstić information content (AvgIpc) is 3.20. The molecule has 3 rings (SSSR count). The summed E-state index contributed by atoms with van der Waals surface area (Å²) < 4.78 is 7.00. The number of benzene rings is 1. The fraction of sp³-hybridized carbons (Fsp3) is 0.375. The zero-order valence-corrected chi connectivity index (χ0v) is 12.1. The van der Waals surface area contributed by atoms with Crippen LogP contribution < -0.4 is 5.32 Å². The number of rotatable bonds is 7. The highest BCUT2D eigenvalue weighted by Crippen LogP contribution is 2.28. The summed E-state index contributed by atoms with van der Waals surface area (Å²) >= 11 is 0. The van der Waals surface area contributed by atoms with Crippen LogP contribution in [0, 0.1) is 5.92 Å². The number of carboxylic acid groups (broad SMARTS) is 1. The second-order valence-corrected chi connectivity index (χ2v) is 5.62. The Morgan fingerprint density at radius 3 is 2.86 bits per heavy atom. The van der Waals surface area contributed by atoms with Gasteiger partial charge in [-0.1, -0.05) is 0 Å². The standard InChI is InChI=1S/C16H18N2O4/c19-15(10-22-9-11-1-2-11)17-13-3-4-14-12(7-13)5-6-18(14)8-16(20)21/h3-7,11H,1-2,8-10H2,(H,17,19)(H,20,21). The van der Waals surface area contributed by atoms with Crippen LogP contribution in [-0.2, 0) is 20.9 Å². The van der Waals surface area contributed by atoms with Crippen LogP contribution in [0.2, 0.25) is 0 Å². The molecule has 0 unspecified atom stereocenters. The van der Waals surface area contributed by atoms with Crippen molar-refractivity contribution < 1.29 is 19.4 Å². The van der Waals surface area contributed by atoms with Crippen molar-refractivity contribution >= 4 is 28.5 Å². The lowest BCUT2D eigenvalue weighted by atomic mass is 10.2. The normalized spacial score (nSPS) is 14.2. The quantitative estimate of drug-likeness (QED) is 0.820. The van der Waals surface area contributed by atoms with E-state index in [4.69, 9.17) is 9.84 Å². The lowest BCUT2D eigenvalue weighted by Crippen LogP contribution is -2.18. The molecule has 0 bridgehead atoms. The Hall–Kier alpha value is -2.34. The molecule has 1 heterocycles. The van der Waals surface area contributed by atoms with Gasteiger partial charge in [0.2, 0.25) is 5.91 Å². The number of nitrogens with zero attached hydrogens (tertiary/aromatic N) is 1. The first-order valence-electron chi connectivity index (χ1n) is 7.30. The third-order valence-electron chi connectivity index (χ3n) is 3.64. The Kier molecular flexibility index (Phi) is 4.11. The highest BCUT2D eigenvalue weighted by atomic mass is 16.5. The molecule has 1 aromatic carbocycles. The van der Waals surface area contributed by atoms with Crippen molar-refractivity contribution in [1.82, 2.24) is 4.57 Å². The van der Waals surface area contributed by atoms with Crippen molar-refractivity contribution in [3.8, 4) is 0 Å². The number of carboxylic acids is 1. The third kappa shape index (κ3) is 3.65. The van der Waals surface area contributed by atoms with E-state index >= 15 is 0 Å². The molecule has 0 atom stereocenters. The molecule has 1 amide bonds. The Morgan fingerprint density at radius 1 is 1.32 bits per heavy atom. The number of nitrogens with one attached hydrogen (secondary N) is 1. The van der Waals surface area contributed by atoms with Gasteiger partial charge in [-0.15, -0.1) is 0 Å². The van der Waals surface area contributed by atoms with Crippen molar-refractivity contribution in [3.05, 3.63) is 30.5 Å². The fourth-order valence-corrected chi connectivity index (χ4v) is 2.36. The van der Waals surface area contributed by atoms with E-state index in [-0.39, 0.29) is 19.1 Å². The molecule has 0 saturated heterocycles. The van der Waals surface area contributed by atoms with E-state index in [0.717, 1.165) is 10.9 Å². The van der Waals surface area contributed by atoms with Crippen molar-refractivity contribution in [2.45, 2.75) is 19.4 Å². The van der Waals surface area contributed by atoms with Crippen molar-refractivity contribution in [3.63, 3.8) is 0 Å². The molecule has 0 aliphatic heterocycles. The number of ether oxygens (including phenoxy) is 1. The zero-order chi connectivity index (χ0) is 15.5. The van der Waals surface area contributed by atoms with Crippen LogP contribution in [0.1, 0.15) is 12.8 Å². The van der Waals surface area contributed by atoms with Gasteiger partial charge < -0.3 is 19.7 Å². The van der Waals surface area contributed by atoms with E-state index < -0.39 is 5.97 Å². The highest BCUT2D eigenvalue weighted by Gasteiger charge is 2.21. The van der Waals surface area contributed by atoms with Crippen molar-refractivity contribution in [2.75, 3.05) is 18.5 Å². The molecule has 6 nitrogen and oxygen atoms in total. The molecule has 6 heteroatoms. The first-order chi connectivity index (χ1) is 10.6. The molecule has 0 spiro atoms. The van der Waals surface area contributed by atoms with Gasteiger partial charge in [0.25, 0.3) is 0 Å². The maximum atomic E-state index is 11.8. The van der Waals surface area contributed by atoms with Gasteiger partial charge in [0.1, 0.15) is 13.2 Å². The molecule has 0 radical (unpaired) electrons. The summed E-state index contributed by atoms with van der Waals surface area (Å²) in [4.78, 5) is 22.6. The molecule has 1 fully saturated rings. The van der Waals surface area contributed by atoms with Gasteiger partial charge in [0.05, 0.1) is 6.61 Å². The van der Waals surface area contributed by atoms with Gasteiger partial charge in [0.15, 0.2) is 0 Å². The van der Waals surface area contributed by atoms with E-state index in [1.165, 1.54) is 12.8 Å². The summed E-state index contributed by atoms with van der Waals surface area (Å²) in [6, 6.07) is 7.22. The number of aromatic nitrogens is 1. The lowest BCUT2D eigenvalue weighted by Gasteiger charge is -2.07. The lowest BCUT2D eigenvalue weighted by molar-refractivity contribution is -0.137. The zero-order valence-electron chi connectivity index (χ0n) is 12.1. The molecule has 1 saturated carbocycles. The van der Waals surface area contributed by atoms with E-state index in [1.807, 2.05) is 12.1 Å². The predicted molar refractivity (Wildman–Crippen MR) is 81.7 cm³/mol. The van der Waals surface area contributed by atoms with Gasteiger partial charge in [-0.05, 0) is 43.0 Å². The number of hydrogen-bond donors (Lipinski definition) is 2. The number of anilines is 1. The number of hydrogen-bond acceptors (Lipinski definition) is 3. The Balaban J connectivity index is 1.61. The van der Waals surface area contributed by atoms with Crippen LogP contribution in [0.5, 0.6) is 0 Å². The van der Waals surface area contributed by atoms with Crippen LogP contribution in [0.4, 0.5) is 5.69 Å². The minimum atomic E-state index is -0.886. The van der Waals surface area contributed by atoms with Crippen LogP contribution in [0.15, 0.2) is 30.5 Å². The van der Waals surface area contributed by atoms with Gasteiger partial charge in [-0.25, -0.2) is 0 Å². The number of aliphatic carboxylic acids is 1. The Bertz CT molecular complexity index is 703. The predicted octanol–water partition coefficient (Wildman–Crippen LogP) is 2.09. The van der Waals surface area contributed by atoms with Crippen LogP contribution >= 0.6 is 0 Å². The molecular weight excluding hydrogens is 284 g/mol. The molecule has 1 aliphatic rings. The molecule has 22 heavy (non-hydrogen) atoms. The van der Waals surface area contributed by atoms with Crippen LogP contribution in [-0.4, -0.2) is 34.8 Å². The second-order valence-electron chi connectivity index (χ2n) is 5.62. The van der Waals surface area contributed by atoms with Crippen molar-refractivity contribution in [2.24, 2.45) is 5.92 Å². The van der Waals surface area contributed by atoms with Crippen molar-refractivity contribution in [1.29, 1.82) is 0 Å². The summed E-state index contributed by atoms with van der Waals surface area (Å²) in [7, 11) is 0. The molecule has 1 aliphatic carbocycles. The van der Waals surface area contributed by atoms with Crippen LogP contribution in [0.3, 0.4) is 0 Å². The number of carbonyl (C=O) groups is 2. The maximum Gasteiger partial charge on any atom is 0.323 e. The monoisotopic (exact) mass is 302 g/mol. The largest absolute Gasteiger partial charge is 0.480 e. The molecular formula is C16H18N2O4. The average molecular weight is 302 g/mol. The van der Waals surface area contributed by atoms with Crippen LogP contribution in [0.25, 0.3) is 10.9 Å². The van der Waals surface area contributed by atoms with Gasteiger partial charge >= 0.3 is 5.97 Å². The van der Waals surface area contributed by atoms with E-state index in [1.54, 1.807) is 22.9 Å². The van der Waals surface area contributed by atoms with E-state index in [0.29, 0.717) is 18.2 Å². The number of fused-ring (bicyclic) bond motifs is 1. The molecule has 2 N–H and O–H groups in total.